The van der Waals surface area contributed by atoms with E-state index >= 15 is 0 Å². The normalized spacial score (nSPS) is 15.3. The Labute approximate surface area is 203 Å². The van der Waals surface area contributed by atoms with Gasteiger partial charge in [-0.2, -0.15) is 0 Å². The van der Waals surface area contributed by atoms with E-state index in [4.69, 9.17) is 12.2 Å². The summed E-state index contributed by atoms with van der Waals surface area (Å²) in [6, 6.07) is 11.6. The summed E-state index contributed by atoms with van der Waals surface area (Å²) in [4.78, 5) is 27.2. The maximum Gasteiger partial charge on any atom is 0.266 e. The van der Waals surface area contributed by atoms with E-state index in [9.17, 15) is 9.59 Å². The summed E-state index contributed by atoms with van der Waals surface area (Å²) in [6.45, 7) is 2.24. The van der Waals surface area contributed by atoms with Crippen molar-refractivity contribution in [2.24, 2.45) is 0 Å². The van der Waals surface area contributed by atoms with Gasteiger partial charge in [0.1, 0.15) is 4.32 Å². The zero-order chi connectivity index (χ0) is 21.1. The molecule has 0 radical (unpaired) electrons. The molecule has 1 heterocycles. The van der Waals surface area contributed by atoms with E-state index in [1.54, 1.807) is 0 Å². The number of carbonyl (C=O) groups is 2. The summed E-state index contributed by atoms with van der Waals surface area (Å²) in [5.74, 6) is -0.371. The molecule has 1 aliphatic heterocycles. The molecule has 0 aliphatic carbocycles. The van der Waals surface area contributed by atoms with E-state index in [-0.39, 0.29) is 24.8 Å². The molecule has 3 rings (SSSR count). The van der Waals surface area contributed by atoms with Crippen molar-refractivity contribution in [2.45, 2.75) is 13.3 Å². The second-order valence-electron chi connectivity index (χ2n) is 6.29. The van der Waals surface area contributed by atoms with Crippen LogP contribution in [-0.4, -0.2) is 27.6 Å². The van der Waals surface area contributed by atoms with Crippen LogP contribution in [0.1, 0.15) is 17.5 Å². The number of nitrogens with one attached hydrogen (secondary N) is 1. The van der Waals surface area contributed by atoms with Crippen molar-refractivity contribution in [3.63, 3.8) is 0 Å². The number of thiocarbonyl (C=S) groups is 1. The molecular weight excluding hydrogens is 604 g/mol. The lowest BCUT2D eigenvalue weighted by atomic mass is 10.1. The van der Waals surface area contributed by atoms with Gasteiger partial charge in [0, 0.05) is 26.4 Å². The summed E-state index contributed by atoms with van der Waals surface area (Å²) in [5, 5.41) is 2.86. The van der Waals surface area contributed by atoms with Gasteiger partial charge in [-0.1, -0.05) is 69.7 Å². The van der Waals surface area contributed by atoms with Crippen LogP contribution in [0.2, 0.25) is 0 Å². The molecule has 9 heteroatoms. The van der Waals surface area contributed by atoms with Crippen LogP contribution in [0.15, 0.2) is 54.7 Å². The summed E-state index contributed by atoms with van der Waals surface area (Å²) in [5.41, 5.74) is 2.74. The van der Waals surface area contributed by atoms with Gasteiger partial charge >= 0.3 is 0 Å². The quantitative estimate of drug-likeness (QED) is 0.307. The Morgan fingerprint density at radius 3 is 2.41 bits per heavy atom. The third kappa shape index (κ3) is 5.79. The lowest BCUT2D eigenvalue weighted by molar-refractivity contribution is -0.122. The average Bonchev–Trinajstić information content (AvgIpc) is 2.91. The predicted molar refractivity (Wildman–Crippen MR) is 134 cm³/mol. The Morgan fingerprint density at radius 1 is 1.17 bits per heavy atom. The first-order valence-corrected chi connectivity index (χ1v) is 12.1. The van der Waals surface area contributed by atoms with Crippen molar-refractivity contribution in [3.8, 4) is 0 Å². The smallest absolute Gasteiger partial charge is 0.266 e. The van der Waals surface area contributed by atoms with Gasteiger partial charge in [0.05, 0.1) is 10.6 Å². The molecule has 0 saturated carbocycles. The van der Waals surface area contributed by atoms with Gasteiger partial charge in [-0.05, 0) is 62.6 Å². The minimum atomic E-state index is -0.203. The predicted octanol–water partition coefficient (Wildman–Crippen LogP) is 6.51. The highest BCUT2D eigenvalue weighted by Gasteiger charge is 2.32. The van der Waals surface area contributed by atoms with Crippen LogP contribution >= 0.6 is 71.8 Å². The van der Waals surface area contributed by atoms with Crippen LogP contribution in [0.25, 0.3) is 6.08 Å². The third-order valence-corrected chi connectivity index (χ3v) is 7.17. The van der Waals surface area contributed by atoms with E-state index < -0.39 is 0 Å². The second kappa shape index (κ2) is 9.87. The summed E-state index contributed by atoms with van der Waals surface area (Å²) in [6.07, 6.45) is 1.97. The number of anilines is 1. The highest BCUT2D eigenvalue weighted by molar-refractivity contribution is 9.11. The van der Waals surface area contributed by atoms with Crippen LogP contribution in [-0.2, 0) is 9.59 Å². The van der Waals surface area contributed by atoms with Crippen LogP contribution in [0.4, 0.5) is 5.69 Å². The minimum absolute atomic E-state index is 0.138. The second-order valence-corrected chi connectivity index (χ2v) is 10.6. The standard InChI is InChI=1S/C20H15Br3N2O2S2/c1-11-2-4-12(5-3-11)8-16-19(27)25(20(28)29-16)7-6-17(26)24-18-14(22)9-13(21)10-15(18)23/h2-5,8-10H,6-7H2,1H3,(H,24,26)/b16-8-. The molecule has 0 atom stereocenters. The van der Waals surface area contributed by atoms with Gasteiger partial charge in [0.15, 0.2) is 0 Å². The van der Waals surface area contributed by atoms with E-state index in [1.807, 2.05) is 49.4 Å². The number of thioether (sulfide) groups is 1. The average molecular weight is 619 g/mol. The SMILES string of the molecule is Cc1ccc(/C=C2\SC(=S)N(CCC(=O)Nc3c(Br)cc(Br)cc3Br)C2=O)cc1. The first-order valence-electron chi connectivity index (χ1n) is 8.51. The van der Waals surface area contributed by atoms with Crippen molar-refractivity contribution >= 4 is 99.7 Å². The Kier molecular flexibility index (Phi) is 7.72. The first kappa shape index (κ1) is 22.7. The third-order valence-electron chi connectivity index (χ3n) is 4.08. The van der Waals surface area contributed by atoms with Gasteiger partial charge < -0.3 is 5.32 Å². The molecule has 29 heavy (non-hydrogen) atoms. The zero-order valence-electron chi connectivity index (χ0n) is 15.2. The Bertz CT molecular complexity index is 1000. The van der Waals surface area contributed by atoms with E-state index in [2.05, 4.69) is 53.1 Å². The monoisotopic (exact) mass is 616 g/mol. The van der Waals surface area contributed by atoms with E-state index in [1.165, 1.54) is 16.7 Å². The first-order chi connectivity index (χ1) is 13.7. The van der Waals surface area contributed by atoms with Crippen LogP contribution in [0, 0.1) is 6.92 Å². The topological polar surface area (TPSA) is 49.4 Å². The zero-order valence-corrected chi connectivity index (χ0v) is 21.6. The molecule has 0 bridgehead atoms. The number of aryl methyl sites for hydroxylation is 1. The molecule has 150 valence electrons. The summed E-state index contributed by atoms with van der Waals surface area (Å²) < 4.78 is 2.84. The Hall–Kier alpha value is -1.00. The van der Waals surface area contributed by atoms with Gasteiger partial charge in [-0.15, -0.1) is 0 Å². The number of halogens is 3. The van der Waals surface area contributed by atoms with Gasteiger partial charge in [0.25, 0.3) is 5.91 Å². The molecule has 1 saturated heterocycles. The summed E-state index contributed by atoms with van der Waals surface area (Å²) >= 11 is 16.9. The molecule has 2 aromatic carbocycles. The van der Waals surface area contributed by atoms with E-state index in [0.717, 1.165) is 24.5 Å². The van der Waals surface area contributed by atoms with Crippen molar-refractivity contribution in [1.82, 2.24) is 4.90 Å². The minimum Gasteiger partial charge on any atom is -0.324 e. The number of hydrogen-bond acceptors (Lipinski definition) is 4. The molecule has 1 fully saturated rings. The van der Waals surface area contributed by atoms with Crippen molar-refractivity contribution in [2.75, 3.05) is 11.9 Å². The van der Waals surface area contributed by atoms with Gasteiger partial charge in [0.2, 0.25) is 5.91 Å². The number of rotatable bonds is 5. The molecular formula is C20H15Br3N2O2S2. The van der Waals surface area contributed by atoms with Crippen LogP contribution < -0.4 is 5.32 Å². The highest BCUT2D eigenvalue weighted by Crippen LogP contribution is 2.35. The molecule has 1 N–H and O–H groups in total. The molecule has 1 aliphatic rings. The van der Waals surface area contributed by atoms with Gasteiger partial charge in [-0.25, -0.2) is 0 Å². The summed E-state index contributed by atoms with van der Waals surface area (Å²) in [7, 11) is 0. The Balaban J connectivity index is 1.63. The molecule has 0 spiro atoms. The fourth-order valence-electron chi connectivity index (χ4n) is 2.58. The largest absolute Gasteiger partial charge is 0.324 e. The van der Waals surface area contributed by atoms with Crippen LogP contribution in [0.5, 0.6) is 0 Å². The number of benzene rings is 2. The number of amides is 2. The molecule has 0 aromatic heterocycles. The molecule has 4 nitrogen and oxygen atoms in total. The maximum atomic E-state index is 12.7. The van der Waals surface area contributed by atoms with E-state index in [0.29, 0.717) is 14.9 Å². The molecule has 2 aromatic rings. The fourth-order valence-corrected chi connectivity index (χ4v) is 6.35. The Morgan fingerprint density at radius 2 is 1.79 bits per heavy atom. The fraction of sp³-hybridized carbons (Fsp3) is 0.150. The number of hydrogen-bond donors (Lipinski definition) is 1. The van der Waals surface area contributed by atoms with Crippen molar-refractivity contribution < 1.29 is 9.59 Å². The lowest BCUT2D eigenvalue weighted by Gasteiger charge is -2.15. The van der Waals surface area contributed by atoms with Crippen molar-refractivity contribution in [3.05, 3.63) is 65.8 Å². The van der Waals surface area contributed by atoms with Crippen molar-refractivity contribution in [1.29, 1.82) is 0 Å². The molecule has 2 amide bonds. The molecule has 0 unspecified atom stereocenters. The number of nitrogens with zero attached hydrogens (tertiary/aromatic N) is 1. The highest BCUT2D eigenvalue weighted by atomic mass is 79.9. The maximum absolute atomic E-state index is 12.7. The lowest BCUT2D eigenvalue weighted by Crippen LogP contribution is -2.31. The van der Waals surface area contributed by atoms with Gasteiger partial charge in [-0.3, -0.25) is 14.5 Å². The van der Waals surface area contributed by atoms with Crippen LogP contribution in [0.3, 0.4) is 0 Å². The number of carbonyl (C=O) groups excluding carboxylic acids is 2.